The predicted molar refractivity (Wildman–Crippen MR) is 77.6 cm³/mol. The highest BCUT2D eigenvalue weighted by atomic mass is 16.6. The molecule has 104 valence electrons. The van der Waals surface area contributed by atoms with Gasteiger partial charge in [0.25, 0.3) is 6.20 Å². The molecule has 4 nitrogen and oxygen atoms in total. The lowest BCUT2D eigenvalue weighted by molar-refractivity contribution is -0.403. The van der Waals surface area contributed by atoms with E-state index < -0.39 is 4.92 Å². The number of nitrogens with one attached hydrogen (secondary N) is 1. The van der Waals surface area contributed by atoms with Crippen molar-refractivity contribution in [2.24, 2.45) is 0 Å². The average molecular weight is 262 g/mol. The van der Waals surface area contributed by atoms with Gasteiger partial charge in [-0.2, -0.15) is 0 Å². The Morgan fingerprint density at radius 3 is 2.37 bits per heavy atom. The number of benzene rings is 1. The summed E-state index contributed by atoms with van der Waals surface area (Å²) in [4.78, 5) is 9.82. The molecule has 1 aromatic rings. The largest absolute Gasteiger partial charge is 0.383 e. The number of nitro groups is 1. The van der Waals surface area contributed by atoms with Crippen LogP contribution in [0.5, 0.6) is 0 Å². The zero-order valence-corrected chi connectivity index (χ0v) is 12.1. The molecule has 4 heteroatoms. The number of hydrogen-bond donors (Lipinski definition) is 1. The average Bonchev–Trinajstić information content (AvgIpc) is 2.27. The number of hydrogen-bond acceptors (Lipinski definition) is 3. The predicted octanol–water partition coefficient (Wildman–Crippen LogP) is 3.25. The highest BCUT2D eigenvalue weighted by Crippen LogP contribution is 2.22. The van der Waals surface area contributed by atoms with Crippen LogP contribution in [0, 0.1) is 10.1 Å². The molecular weight excluding hydrogens is 240 g/mol. The van der Waals surface area contributed by atoms with Crippen LogP contribution in [-0.2, 0) is 11.8 Å². The van der Waals surface area contributed by atoms with Gasteiger partial charge in [-0.1, -0.05) is 45.0 Å². The molecule has 0 bridgehead atoms. The van der Waals surface area contributed by atoms with Crippen LogP contribution in [0.15, 0.2) is 36.2 Å². The maximum absolute atomic E-state index is 10.3. The summed E-state index contributed by atoms with van der Waals surface area (Å²) in [5.74, 6) is 0. The summed E-state index contributed by atoms with van der Waals surface area (Å²) >= 11 is 0. The normalized spacial score (nSPS) is 12.3. The molecule has 0 aliphatic rings. The van der Waals surface area contributed by atoms with E-state index in [1.807, 2.05) is 0 Å². The number of allylic oxidation sites excluding steroid dienone is 1. The fourth-order valence-corrected chi connectivity index (χ4v) is 1.78. The lowest BCUT2D eigenvalue weighted by Gasteiger charge is -2.19. The van der Waals surface area contributed by atoms with Gasteiger partial charge in [-0.3, -0.25) is 10.1 Å². The summed E-state index contributed by atoms with van der Waals surface area (Å²) in [6, 6.07) is 8.54. The van der Waals surface area contributed by atoms with E-state index in [0.29, 0.717) is 12.2 Å². The molecule has 0 saturated carbocycles. The third kappa shape index (κ3) is 5.55. The van der Waals surface area contributed by atoms with E-state index in [-0.39, 0.29) is 5.41 Å². The number of rotatable bonds is 5. The van der Waals surface area contributed by atoms with Gasteiger partial charge in [0.05, 0.1) is 10.6 Å². The second-order valence-corrected chi connectivity index (χ2v) is 5.72. The summed E-state index contributed by atoms with van der Waals surface area (Å²) in [5.41, 5.74) is 3.29. The van der Waals surface area contributed by atoms with Gasteiger partial charge in [0.2, 0.25) is 0 Å². The van der Waals surface area contributed by atoms with Crippen molar-refractivity contribution in [1.29, 1.82) is 0 Å². The minimum Gasteiger partial charge on any atom is -0.383 e. The molecule has 0 amide bonds. The van der Waals surface area contributed by atoms with E-state index in [2.05, 4.69) is 50.4 Å². The van der Waals surface area contributed by atoms with Gasteiger partial charge in [-0.15, -0.1) is 0 Å². The van der Waals surface area contributed by atoms with Crippen molar-refractivity contribution in [1.82, 2.24) is 5.32 Å². The number of nitrogens with zero attached hydrogens (tertiary/aromatic N) is 1. The Morgan fingerprint density at radius 1 is 1.32 bits per heavy atom. The Balaban J connectivity index is 2.49. The Labute approximate surface area is 114 Å². The van der Waals surface area contributed by atoms with Crippen molar-refractivity contribution in [3.8, 4) is 0 Å². The summed E-state index contributed by atoms with van der Waals surface area (Å²) in [5, 5.41) is 13.3. The minimum absolute atomic E-state index is 0.168. The van der Waals surface area contributed by atoms with Crippen LogP contribution in [-0.4, -0.2) is 11.5 Å². The highest BCUT2D eigenvalue weighted by Gasteiger charge is 2.12. The quantitative estimate of drug-likeness (QED) is 0.654. The first kappa shape index (κ1) is 15.2. The van der Waals surface area contributed by atoms with Crippen molar-refractivity contribution in [3.63, 3.8) is 0 Å². The lowest BCUT2D eigenvalue weighted by atomic mass is 9.86. The minimum atomic E-state index is -0.444. The molecule has 1 N–H and O–H groups in total. The molecule has 0 aliphatic carbocycles. The van der Waals surface area contributed by atoms with Crippen molar-refractivity contribution in [2.45, 2.75) is 39.5 Å². The third-order valence-electron chi connectivity index (χ3n) is 2.94. The maximum atomic E-state index is 10.3. The smallest absolute Gasteiger partial charge is 0.252 e. The van der Waals surface area contributed by atoms with E-state index in [1.54, 1.807) is 6.92 Å². The first-order chi connectivity index (χ1) is 8.79. The van der Waals surface area contributed by atoms with Crippen molar-refractivity contribution in [2.75, 3.05) is 6.54 Å². The summed E-state index contributed by atoms with van der Waals surface area (Å²) in [6.07, 6.45) is 1.84. The van der Waals surface area contributed by atoms with Crippen LogP contribution in [0.4, 0.5) is 0 Å². The fourth-order valence-electron chi connectivity index (χ4n) is 1.78. The topological polar surface area (TPSA) is 55.2 Å². The summed E-state index contributed by atoms with van der Waals surface area (Å²) in [7, 11) is 0. The van der Waals surface area contributed by atoms with E-state index in [1.165, 1.54) is 11.1 Å². The molecule has 0 fully saturated rings. The van der Waals surface area contributed by atoms with Crippen molar-refractivity contribution in [3.05, 3.63) is 57.4 Å². The second kappa shape index (κ2) is 6.36. The van der Waals surface area contributed by atoms with Crippen LogP contribution in [0.2, 0.25) is 0 Å². The molecule has 1 aromatic carbocycles. The lowest BCUT2D eigenvalue weighted by Crippen LogP contribution is -2.16. The molecule has 0 atom stereocenters. The van der Waals surface area contributed by atoms with E-state index in [4.69, 9.17) is 0 Å². The molecule has 0 heterocycles. The molecule has 0 spiro atoms. The van der Waals surface area contributed by atoms with Gasteiger partial charge in [0.1, 0.15) is 0 Å². The first-order valence-electron chi connectivity index (χ1n) is 6.44. The van der Waals surface area contributed by atoms with Gasteiger partial charge in [-0.25, -0.2) is 0 Å². The van der Waals surface area contributed by atoms with Crippen LogP contribution < -0.4 is 5.32 Å². The van der Waals surface area contributed by atoms with E-state index >= 15 is 0 Å². The van der Waals surface area contributed by atoms with Crippen molar-refractivity contribution < 1.29 is 4.92 Å². The Hall–Kier alpha value is -1.84. The van der Waals surface area contributed by atoms with Crippen molar-refractivity contribution >= 4 is 0 Å². The second-order valence-electron chi connectivity index (χ2n) is 5.72. The van der Waals surface area contributed by atoms with Gasteiger partial charge in [0, 0.05) is 6.54 Å². The Morgan fingerprint density at radius 2 is 1.89 bits per heavy atom. The molecule has 0 radical (unpaired) electrons. The monoisotopic (exact) mass is 262 g/mol. The SMILES string of the molecule is C/C(=C/[N+](=O)[O-])NCCc1ccc(C(C)(C)C)cc1. The molecule has 0 aliphatic heterocycles. The van der Waals surface area contributed by atoms with E-state index in [9.17, 15) is 10.1 Å². The Kier molecular flexibility index (Phi) is 5.10. The molecule has 0 saturated heterocycles. The first-order valence-corrected chi connectivity index (χ1v) is 6.44. The zero-order valence-electron chi connectivity index (χ0n) is 12.1. The van der Waals surface area contributed by atoms with Gasteiger partial charge < -0.3 is 5.32 Å². The zero-order chi connectivity index (χ0) is 14.5. The molecule has 0 unspecified atom stereocenters. The molecule has 0 aromatic heterocycles. The molecular formula is C15H22N2O2. The van der Waals surface area contributed by atoms with Crippen LogP contribution in [0.3, 0.4) is 0 Å². The summed E-state index contributed by atoms with van der Waals surface area (Å²) in [6.45, 7) is 8.97. The highest BCUT2D eigenvalue weighted by molar-refractivity contribution is 5.27. The molecule has 1 rings (SSSR count). The van der Waals surface area contributed by atoms with E-state index in [0.717, 1.165) is 12.6 Å². The van der Waals surface area contributed by atoms with Crippen LogP contribution in [0.25, 0.3) is 0 Å². The third-order valence-corrected chi connectivity index (χ3v) is 2.94. The van der Waals surface area contributed by atoms with Crippen LogP contribution >= 0.6 is 0 Å². The standard InChI is InChI=1S/C15H22N2O2/c1-12(11-17(18)19)16-10-9-13-5-7-14(8-6-13)15(2,3)4/h5-8,11,16H,9-10H2,1-4H3/b12-11-. The van der Waals surface area contributed by atoms with Crippen LogP contribution in [0.1, 0.15) is 38.8 Å². The Bertz CT molecular complexity index is 456. The van der Waals surface area contributed by atoms with Gasteiger partial charge in [0.15, 0.2) is 0 Å². The molecule has 19 heavy (non-hydrogen) atoms. The maximum Gasteiger partial charge on any atom is 0.252 e. The summed E-state index contributed by atoms with van der Waals surface area (Å²) < 4.78 is 0. The fraction of sp³-hybridized carbons (Fsp3) is 0.467. The van der Waals surface area contributed by atoms with Gasteiger partial charge in [-0.05, 0) is 29.9 Å². The van der Waals surface area contributed by atoms with Gasteiger partial charge >= 0.3 is 0 Å².